The topological polar surface area (TPSA) is 68.0 Å². The standard InChI is InChI=1S/C27H33N3O2/c1-19(2)12-17-25-28-26(30(29-25)22-8-4-3-5-9-22)18-20-13-15-21(16-14-20)23-10-6-7-11-24(23)27(31)32/h6-7,10-11,13-16,19,22H,3-5,8-9,12,17-18H2,1-2H3,(H,31,32). The van der Waals surface area contributed by atoms with Gasteiger partial charge in [-0.25, -0.2) is 14.5 Å². The molecule has 0 unspecified atom stereocenters. The van der Waals surface area contributed by atoms with Crippen LogP contribution in [0.15, 0.2) is 48.5 Å². The molecule has 168 valence electrons. The molecule has 1 heterocycles. The fraction of sp³-hybridized carbons (Fsp3) is 0.444. The number of carbonyl (C=O) groups is 1. The van der Waals surface area contributed by atoms with Crippen LogP contribution in [0.3, 0.4) is 0 Å². The van der Waals surface area contributed by atoms with Crippen LogP contribution in [-0.2, 0) is 12.8 Å². The molecule has 2 aromatic carbocycles. The second-order valence-corrected chi connectivity index (χ2v) is 9.34. The predicted molar refractivity (Wildman–Crippen MR) is 127 cm³/mol. The molecule has 1 aliphatic carbocycles. The fourth-order valence-corrected chi connectivity index (χ4v) is 4.57. The summed E-state index contributed by atoms with van der Waals surface area (Å²) in [6.07, 6.45) is 8.99. The van der Waals surface area contributed by atoms with Crippen LogP contribution in [0.1, 0.15) is 86.0 Å². The van der Waals surface area contributed by atoms with Crippen molar-refractivity contribution in [3.8, 4) is 11.1 Å². The molecule has 0 atom stereocenters. The molecular weight excluding hydrogens is 398 g/mol. The van der Waals surface area contributed by atoms with E-state index in [1.165, 1.54) is 37.7 Å². The van der Waals surface area contributed by atoms with Crippen LogP contribution in [-0.4, -0.2) is 25.8 Å². The highest BCUT2D eigenvalue weighted by Gasteiger charge is 2.21. The fourth-order valence-electron chi connectivity index (χ4n) is 4.57. The van der Waals surface area contributed by atoms with Crippen molar-refractivity contribution >= 4 is 5.97 Å². The average molecular weight is 432 g/mol. The van der Waals surface area contributed by atoms with Crippen molar-refractivity contribution in [3.05, 3.63) is 71.3 Å². The van der Waals surface area contributed by atoms with E-state index in [9.17, 15) is 9.90 Å². The zero-order chi connectivity index (χ0) is 22.5. The van der Waals surface area contributed by atoms with Crippen LogP contribution in [0, 0.1) is 5.92 Å². The van der Waals surface area contributed by atoms with E-state index >= 15 is 0 Å². The van der Waals surface area contributed by atoms with Crippen molar-refractivity contribution < 1.29 is 9.90 Å². The summed E-state index contributed by atoms with van der Waals surface area (Å²) in [4.78, 5) is 16.5. The number of aromatic nitrogens is 3. The number of benzene rings is 2. The molecule has 1 fully saturated rings. The van der Waals surface area contributed by atoms with Crippen molar-refractivity contribution in [2.24, 2.45) is 5.92 Å². The normalized spacial score (nSPS) is 14.7. The zero-order valence-corrected chi connectivity index (χ0v) is 19.1. The van der Waals surface area contributed by atoms with Gasteiger partial charge in [-0.1, -0.05) is 75.6 Å². The molecule has 0 bridgehead atoms. The van der Waals surface area contributed by atoms with E-state index in [4.69, 9.17) is 10.1 Å². The molecule has 0 aliphatic heterocycles. The third kappa shape index (κ3) is 5.26. The largest absolute Gasteiger partial charge is 0.478 e. The Labute approximate surface area is 190 Å². The van der Waals surface area contributed by atoms with E-state index in [2.05, 4.69) is 30.7 Å². The molecule has 0 spiro atoms. The monoisotopic (exact) mass is 431 g/mol. The molecule has 4 rings (SSSR count). The summed E-state index contributed by atoms with van der Waals surface area (Å²) >= 11 is 0. The number of carboxylic acids is 1. The van der Waals surface area contributed by atoms with Gasteiger partial charge in [-0.3, -0.25) is 0 Å². The van der Waals surface area contributed by atoms with E-state index in [1.807, 2.05) is 24.3 Å². The molecular formula is C27H33N3O2. The summed E-state index contributed by atoms with van der Waals surface area (Å²) < 4.78 is 2.21. The Hall–Kier alpha value is -2.95. The van der Waals surface area contributed by atoms with Crippen LogP contribution in [0.2, 0.25) is 0 Å². The van der Waals surface area contributed by atoms with Gasteiger partial charge in [0.25, 0.3) is 0 Å². The van der Waals surface area contributed by atoms with E-state index in [1.54, 1.807) is 12.1 Å². The number of aromatic carboxylic acids is 1. The number of hydrogen-bond acceptors (Lipinski definition) is 3. The van der Waals surface area contributed by atoms with Crippen LogP contribution >= 0.6 is 0 Å². The Bertz CT molecular complexity index is 1050. The second kappa shape index (κ2) is 10.1. The quantitative estimate of drug-likeness (QED) is 0.453. The van der Waals surface area contributed by atoms with Gasteiger partial charge in [-0.15, -0.1) is 0 Å². The Morgan fingerprint density at radius 3 is 2.47 bits per heavy atom. The van der Waals surface area contributed by atoms with Crippen LogP contribution in [0.5, 0.6) is 0 Å². The minimum absolute atomic E-state index is 0.326. The molecule has 5 nitrogen and oxygen atoms in total. The maximum Gasteiger partial charge on any atom is 0.336 e. The first kappa shape index (κ1) is 22.3. The molecule has 32 heavy (non-hydrogen) atoms. The molecule has 3 aromatic rings. The van der Waals surface area contributed by atoms with Crippen molar-refractivity contribution in [3.63, 3.8) is 0 Å². The van der Waals surface area contributed by atoms with Gasteiger partial charge in [0.05, 0.1) is 11.6 Å². The Morgan fingerprint density at radius 1 is 1.06 bits per heavy atom. The summed E-state index contributed by atoms with van der Waals surface area (Å²) in [6.45, 7) is 4.48. The van der Waals surface area contributed by atoms with Gasteiger partial charge < -0.3 is 5.11 Å². The highest BCUT2D eigenvalue weighted by Crippen LogP contribution is 2.30. The predicted octanol–water partition coefficient (Wildman–Crippen LogP) is 6.33. The van der Waals surface area contributed by atoms with Crippen molar-refractivity contribution in [1.82, 2.24) is 14.8 Å². The molecule has 1 N–H and O–H groups in total. The lowest BCUT2D eigenvalue weighted by molar-refractivity contribution is 0.0697. The van der Waals surface area contributed by atoms with E-state index in [0.717, 1.165) is 42.0 Å². The first-order valence-corrected chi connectivity index (χ1v) is 11.9. The van der Waals surface area contributed by atoms with Gasteiger partial charge in [0.1, 0.15) is 5.82 Å². The minimum Gasteiger partial charge on any atom is -0.478 e. The van der Waals surface area contributed by atoms with Crippen LogP contribution in [0.25, 0.3) is 11.1 Å². The van der Waals surface area contributed by atoms with Gasteiger partial charge >= 0.3 is 5.97 Å². The summed E-state index contributed by atoms with van der Waals surface area (Å²) in [6, 6.07) is 15.8. The van der Waals surface area contributed by atoms with Crippen LogP contribution in [0.4, 0.5) is 0 Å². The average Bonchev–Trinajstić information content (AvgIpc) is 3.21. The van der Waals surface area contributed by atoms with Gasteiger partial charge in [0.2, 0.25) is 0 Å². The molecule has 1 saturated carbocycles. The molecule has 0 amide bonds. The zero-order valence-electron chi connectivity index (χ0n) is 19.1. The SMILES string of the molecule is CC(C)CCc1nc(Cc2ccc(-c3ccccc3C(=O)O)cc2)n(C2CCCCC2)n1. The van der Waals surface area contributed by atoms with Crippen molar-refractivity contribution in [1.29, 1.82) is 0 Å². The number of carboxylic acid groups (broad SMARTS) is 1. The maximum atomic E-state index is 11.6. The maximum absolute atomic E-state index is 11.6. The highest BCUT2D eigenvalue weighted by atomic mass is 16.4. The lowest BCUT2D eigenvalue weighted by atomic mass is 9.95. The molecule has 0 saturated heterocycles. The molecule has 5 heteroatoms. The third-order valence-corrected chi connectivity index (χ3v) is 6.40. The molecule has 0 radical (unpaired) electrons. The Kier molecular flexibility index (Phi) is 7.03. The number of rotatable bonds is 8. The smallest absolute Gasteiger partial charge is 0.336 e. The lowest BCUT2D eigenvalue weighted by Crippen LogP contribution is -2.17. The Morgan fingerprint density at radius 2 is 1.78 bits per heavy atom. The summed E-state index contributed by atoms with van der Waals surface area (Å²) in [5.41, 5.74) is 3.15. The summed E-state index contributed by atoms with van der Waals surface area (Å²) in [5, 5.41) is 14.4. The van der Waals surface area contributed by atoms with Crippen molar-refractivity contribution in [2.45, 2.75) is 71.3 Å². The minimum atomic E-state index is -0.904. The van der Waals surface area contributed by atoms with E-state index in [-0.39, 0.29) is 0 Å². The first-order valence-electron chi connectivity index (χ1n) is 11.9. The number of aryl methyl sites for hydroxylation is 1. The van der Waals surface area contributed by atoms with Gasteiger partial charge in [-0.2, -0.15) is 5.10 Å². The summed E-state index contributed by atoms with van der Waals surface area (Å²) in [7, 11) is 0. The first-order chi connectivity index (χ1) is 15.5. The van der Waals surface area contributed by atoms with Gasteiger partial charge in [0.15, 0.2) is 5.82 Å². The van der Waals surface area contributed by atoms with Crippen molar-refractivity contribution in [2.75, 3.05) is 0 Å². The Balaban J connectivity index is 1.57. The number of hydrogen-bond donors (Lipinski definition) is 1. The van der Waals surface area contributed by atoms with E-state index < -0.39 is 5.97 Å². The van der Waals surface area contributed by atoms with Gasteiger partial charge in [-0.05, 0) is 47.9 Å². The highest BCUT2D eigenvalue weighted by molar-refractivity contribution is 5.95. The molecule has 1 aromatic heterocycles. The van der Waals surface area contributed by atoms with Gasteiger partial charge in [0, 0.05) is 12.8 Å². The van der Waals surface area contributed by atoms with E-state index in [0.29, 0.717) is 17.5 Å². The third-order valence-electron chi connectivity index (χ3n) is 6.40. The second-order valence-electron chi connectivity index (χ2n) is 9.34. The van der Waals surface area contributed by atoms with Crippen LogP contribution < -0.4 is 0 Å². The molecule has 1 aliphatic rings. The summed E-state index contributed by atoms with van der Waals surface area (Å²) in [5.74, 6) is 1.75. The number of nitrogens with zero attached hydrogens (tertiary/aromatic N) is 3. The lowest BCUT2D eigenvalue weighted by Gasteiger charge is -2.23.